The van der Waals surface area contributed by atoms with Gasteiger partial charge in [0.1, 0.15) is 0 Å². The molecule has 0 bridgehead atoms. The zero-order chi connectivity index (χ0) is 14.8. The minimum Gasteiger partial charge on any atom is -0.280 e. The molecule has 2 rings (SSSR count). The minimum absolute atomic E-state index is 0.173. The Morgan fingerprint density at radius 2 is 1.40 bits per heavy atom. The molecule has 0 radical (unpaired) electrons. The van der Waals surface area contributed by atoms with Crippen molar-refractivity contribution in [2.75, 3.05) is 4.72 Å². The van der Waals surface area contributed by atoms with Gasteiger partial charge in [-0.15, -0.1) is 0 Å². The lowest BCUT2D eigenvalue weighted by Crippen LogP contribution is -2.16. The van der Waals surface area contributed by atoms with Gasteiger partial charge in [-0.05, 0) is 30.3 Å². The summed E-state index contributed by atoms with van der Waals surface area (Å²) in [5, 5.41) is 4.98. The highest BCUT2D eigenvalue weighted by molar-refractivity contribution is 7.93. The first-order valence-corrected chi connectivity index (χ1v) is 8.53. The van der Waals surface area contributed by atoms with Crippen molar-refractivity contribution >= 4 is 25.7 Å². The molecule has 2 aromatic carbocycles. The van der Waals surface area contributed by atoms with Crippen LogP contribution in [0.15, 0.2) is 64.4 Å². The molecule has 2 aromatic rings. The van der Waals surface area contributed by atoms with Crippen LogP contribution in [-0.4, -0.2) is 16.8 Å². The summed E-state index contributed by atoms with van der Waals surface area (Å²) in [5.41, 5.74) is 0.383. The van der Waals surface area contributed by atoms with Crippen molar-refractivity contribution in [3.8, 4) is 0 Å². The Hall–Kier alpha value is -1.90. The number of hydrogen-bond donors (Lipinski definition) is 2. The Kier molecular flexibility index (Phi) is 3.80. The molecule has 3 N–H and O–H groups in total. The van der Waals surface area contributed by atoms with Gasteiger partial charge in [0.2, 0.25) is 10.0 Å². The molecule has 0 spiro atoms. The van der Waals surface area contributed by atoms with Crippen LogP contribution in [0.2, 0.25) is 0 Å². The first-order valence-electron chi connectivity index (χ1n) is 5.50. The van der Waals surface area contributed by atoms with Crippen LogP contribution in [0.5, 0.6) is 0 Å². The number of nitrogens with two attached hydrogens (primary N) is 1. The van der Waals surface area contributed by atoms with Crippen molar-refractivity contribution in [2.24, 2.45) is 5.14 Å². The number of primary sulfonamides is 1. The van der Waals surface area contributed by atoms with Crippen LogP contribution in [0, 0.1) is 0 Å². The SMILES string of the molecule is NS(=O)(=O)c1cccc(S(=O)(=O)Nc2ccccc2)c1. The molecular weight excluding hydrogens is 300 g/mol. The summed E-state index contributed by atoms with van der Waals surface area (Å²) >= 11 is 0. The molecular formula is C12H12N2O4S2. The summed E-state index contributed by atoms with van der Waals surface area (Å²) in [5.74, 6) is 0. The molecule has 0 aliphatic carbocycles. The number of benzene rings is 2. The third-order valence-electron chi connectivity index (χ3n) is 2.47. The van der Waals surface area contributed by atoms with Gasteiger partial charge in [-0.3, -0.25) is 4.72 Å². The minimum atomic E-state index is -3.95. The topological polar surface area (TPSA) is 106 Å². The lowest BCUT2D eigenvalue weighted by Gasteiger charge is -2.08. The molecule has 0 amide bonds. The largest absolute Gasteiger partial charge is 0.280 e. The Balaban J connectivity index is 2.40. The van der Waals surface area contributed by atoms with E-state index in [0.717, 1.165) is 6.07 Å². The van der Waals surface area contributed by atoms with E-state index in [2.05, 4.69) is 4.72 Å². The summed E-state index contributed by atoms with van der Waals surface area (Å²) in [6, 6.07) is 13.1. The second-order valence-electron chi connectivity index (χ2n) is 3.99. The number of anilines is 1. The molecule has 0 aliphatic rings. The fraction of sp³-hybridized carbons (Fsp3) is 0. The number of para-hydroxylation sites is 1. The standard InChI is InChI=1S/C12H12N2O4S2/c13-19(15,16)11-7-4-8-12(9-11)20(17,18)14-10-5-2-1-3-6-10/h1-9,14H,(H2,13,15,16). The molecule has 0 aliphatic heterocycles. The molecule has 0 fully saturated rings. The van der Waals surface area contributed by atoms with Gasteiger partial charge in [-0.2, -0.15) is 0 Å². The third-order valence-corrected chi connectivity index (χ3v) is 4.76. The number of sulfonamides is 2. The van der Waals surface area contributed by atoms with Crippen molar-refractivity contribution in [1.29, 1.82) is 0 Å². The van der Waals surface area contributed by atoms with E-state index in [9.17, 15) is 16.8 Å². The van der Waals surface area contributed by atoms with Crippen molar-refractivity contribution < 1.29 is 16.8 Å². The Bertz CT molecular complexity index is 816. The number of hydrogen-bond acceptors (Lipinski definition) is 4. The van der Waals surface area contributed by atoms with Crippen LogP contribution in [0.1, 0.15) is 0 Å². The fourth-order valence-electron chi connectivity index (χ4n) is 1.54. The van der Waals surface area contributed by atoms with Gasteiger partial charge in [0.25, 0.3) is 10.0 Å². The first-order chi connectivity index (χ1) is 9.29. The maximum absolute atomic E-state index is 12.1. The predicted octanol–water partition coefficient (Wildman–Crippen LogP) is 1.13. The van der Waals surface area contributed by atoms with E-state index in [1.165, 1.54) is 18.2 Å². The number of rotatable bonds is 4. The van der Waals surface area contributed by atoms with E-state index in [-0.39, 0.29) is 9.79 Å². The molecule has 0 unspecified atom stereocenters. The molecule has 6 nitrogen and oxygen atoms in total. The Morgan fingerprint density at radius 3 is 2.00 bits per heavy atom. The molecule has 8 heteroatoms. The average molecular weight is 312 g/mol. The van der Waals surface area contributed by atoms with E-state index < -0.39 is 20.0 Å². The zero-order valence-electron chi connectivity index (χ0n) is 10.2. The second kappa shape index (κ2) is 5.23. The molecule has 0 aromatic heterocycles. The van der Waals surface area contributed by atoms with Crippen LogP contribution < -0.4 is 9.86 Å². The van der Waals surface area contributed by atoms with Crippen molar-refractivity contribution in [3.05, 3.63) is 54.6 Å². The highest BCUT2D eigenvalue weighted by atomic mass is 32.2. The summed E-state index contributed by atoms with van der Waals surface area (Å²) in [7, 11) is -7.82. The summed E-state index contributed by atoms with van der Waals surface area (Å²) in [6.07, 6.45) is 0. The van der Waals surface area contributed by atoms with Gasteiger partial charge < -0.3 is 0 Å². The van der Waals surface area contributed by atoms with Crippen LogP contribution in [0.25, 0.3) is 0 Å². The van der Waals surface area contributed by atoms with Gasteiger partial charge in [0, 0.05) is 5.69 Å². The van der Waals surface area contributed by atoms with Crippen LogP contribution in [0.3, 0.4) is 0 Å². The Morgan fingerprint density at radius 1 is 0.800 bits per heavy atom. The predicted molar refractivity (Wildman–Crippen MR) is 75.1 cm³/mol. The van der Waals surface area contributed by atoms with Crippen molar-refractivity contribution in [2.45, 2.75) is 9.79 Å². The Labute approximate surface area is 117 Å². The maximum atomic E-state index is 12.1. The normalized spacial score (nSPS) is 12.1. The second-order valence-corrected chi connectivity index (χ2v) is 7.24. The van der Waals surface area contributed by atoms with E-state index in [0.29, 0.717) is 5.69 Å². The van der Waals surface area contributed by atoms with Gasteiger partial charge in [0.05, 0.1) is 9.79 Å². The number of nitrogens with one attached hydrogen (secondary N) is 1. The quantitative estimate of drug-likeness (QED) is 0.882. The smallest absolute Gasteiger partial charge is 0.261 e. The molecule has 0 saturated carbocycles. The highest BCUT2D eigenvalue weighted by Crippen LogP contribution is 2.18. The molecule has 20 heavy (non-hydrogen) atoms. The van der Waals surface area contributed by atoms with Gasteiger partial charge in [-0.25, -0.2) is 22.0 Å². The monoisotopic (exact) mass is 312 g/mol. The first kappa shape index (κ1) is 14.5. The van der Waals surface area contributed by atoms with Gasteiger partial charge in [-0.1, -0.05) is 24.3 Å². The van der Waals surface area contributed by atoms with E-state index in [1.54, 1.807) is 30.3 Å². The van der Waals surface area contributed by atoms with Crippen LogP contribution in [0.4, 0.5) is 5.69 Å². The molecule has 106 valence electrons. The summed E-state index contributed by atoms with van der Waals surface area (Å²) in [4.78, 5) is -0.429. The fourth-order valence-corrected chi connectivity index (χ4v) is 3.28. The lowest BCUT2D eigenvalue weighted by molar-refractivity contribution is 0.597. The molecule has 0 saturated heterocycles. The summed E-state index contributed by atoms with van der Waals surface area (Å²) < 4.78 is 49.1. The zero-order valence-corrected chi connectivity index (χ0v) is 11.9. The van der Waals surface area contributed by atoms with E-state index in [4.69, 9.17) is 5.14 Å². The average Bonchev–Trinajstić information content (AvgIpc) is 2.38. The third kappa shape index (κ3) is 3.35. The van der Waals surface area contributed by atoms with Crippen molar-refractivity contribution in [3.63, 3.8) is 0 Å². The van der Waals surface area contributed by atoms with Crippen LogP contribution >= 0.6 is 0 Å². The highest BCUT2D eigenvalue weighted by Gasteiger charge is 2.17. The lowest BCUT2D eigenvalue weighted by atomic mass is 10.3. The van der Waals surface area contributed by atoms with Crippen LogP contribution in [-0.2, 0) is 20.0 Å². The summed E-state index contributed by atoms with van der Waals surface area (Å²) in [6.45, 7) is 0. The van der Waals surface area contributed by atoms with Crippen molar-refractivity contribution in [1.82, 2.24) is 0 Å². The maximum Gasteiger partial charge on any atom is 0.261 e. The van der Waals surface area contributed by atoms with Gasteiger partial charge >= 0.3 is 0 Å². The van der Waals surface area contributed by atoms with E-state index >= 15 is 0 Å². The molecule has 0 atom stereocenters. The molecule has 0 heterocycles. The van der Waals surface area contributed by atoms with E-state index in [1.807, 2.05) is 0 Å². The van der Waals surface area contributed by atoms with Gasteiger partial charge in [0.15, 0.2) is 0 Å².